The molecule has 156 valence electrons. The summed E-state index contributed by atoms with van der Waals surface area (Å²) in [4.78, 5) is 2.56. The van der Waals surface area contributed by atoms with Crippen LogP contribution in [0, 0.1) is 0 Å². The van der Waals surface area contributed by atoms with Crippen molar-refractivity contribution in [2.45, 2.75) is 50.7 Å². The minimum atomic E-state index is -0.727. The molecule has 0 saturated carbocycles. The summed E-state index contributed by atoms with van der Waals surface area (Å²) in [5.74, 6) is 0.526. The van der Waals surface area contributed by atoms with E-state index in [1.54, 1.807) is 0 Å². The summed E-state index contributed by atoms with van der Waals surface area (Å²) in [5, 5.41) is 11.3. The fourth-order valence-electron chi connectivity index (χ4n) is 4.84. The van der Waals surface area contributed by atoms with E-state index in [2.05, 4.69) is 85.5 Å². The highest BCUT2D eigenvalue weighted by Crippen LogP contribution is 2.40. The molecule has 1 aliphatic heterocycles. The first-order chi connectivity index (χ1) is 14.6. The normalized spacial score (nSPS) is 18.6. The van der Waals surface area contributed by atoms with Gasteiger partial charge in [-0.25, -0.2) is 0 Å². The first-order valence-corrected chi connectivity index (χ1v) is 11.3. The Morgan fingerprint density at radius 1 is 0.800 bits per heavy atom. The topological polar surface area (TPSA) is 23.5 Å². The van der Waals surface area contributed by atoms with Crippen LogP contribution in [0.2, 0.25) is 0 Å². The van der Waals surface area contributed by atoms with Crippen LogP contribution in [-0.2, 0) is 5.60 Å². The maximum atomic E-state index is 11.3. The maximum absolute atomic E-state index is 11.3. The van der Waals surface area contributed by atoms with Gasteiger partial charge in [0.1, 0.15) is 0 Å². The number of nitrogens with zero attached hydrogens (tertiary/aromatic N) is 1. The zero-order valence-corrected chi connectivity index (χ0v) is 18.2. The highest BCUT2D eigenvalue weighted by Gasteiger charge is 2.37. The standard InChI is InChI=1S/C28H33NO/c1-3-22(2)25-16-10-11-17-26(25)27(23-12-6-4-7-13-23)29-20-18-28(30,19-21-29)24-14-8-5-9-15-24/h4-17,22,27,30H,3,18-21H2,1-2H3. The fourth-order valence-corrected chi connectivity index (χ4v) is 4.84. The fraction of sp³-hybridized carbons (Fsp3) is 0.357. The number of hydrogen-bond donors (Lipinski definition) is 1. The lowest BCUT2D eigenvalue weighted by Gasteiger charge is -2.43. The first-order valence-electron chi connectivity index (χ1n) is 11.3. The second-order valence-electron chi connectivity index (χ2n) is 8.69. The van der Waals surface area contributed by atoms with Crippen molar-refractivity contribution in [2.75, 3.05) is 13.1 Å². The lowest BCUT2D eigenvalue weighted by atomic mass is 9.82. The van der Waals surface area contributed by atoms with E-state index >= 15 is 0 Å². The first kappa shape index (κ1) is 20.8. The van der Waals surface area contributed by atoms with Crippen LogP contribution in [0.1, 0.15) is 67.3 Å². The Kier molecular flexibility index (Phi) is 6.36. The number of benzene rings is 3. The van der Waals surface area contributed by atoms with E-state index in [1.807, 2.05) is 18.2 Å². The Morgan fingerprint density at radius 3 is 1.93 bits per heavy atom. The van der Waals surface area contributed by atoms with E-state index in [9.17, 15) is 5.11 Å². The molecule has 0 spiro atoms. The molecule has 3 aromatic rings. The Balaban J connectivity index is 1.67. The summed E-state index contributed by atoms with van der Waals surface area (Å²) in [6.45, 7) is 6.34. The molecule has 1 aliphatic rings. The van der Waals surface area contributed by atoms with Gasteiger partial charge in [-0.05, 0) is 47.4 Å². The van der Waals surface area contributed by atoms with Crippen LogP contribution in [0.3, 0.4) is 0 Å². The minimum Gasteiger partial charge on any atom is -0.385 e. The van der Waals surface area contributed by atoms with Crippen LogP contribution in [0.5, 0.6) is 0 Å². The molecule has 2 nitrogen and oxygen atoms in total. The summed E-state index contributed by atoms with van der Waals surface area (Å²) < 4.78 is 0. The van der Waals surface area contributed by atoms with E-state index in [0.717, 1.165) is 37.9 Å². The summed E-state index contributed by atoms with van der Waals surface area (Å²) in [5.41, 5.74) is 4.50. The van der Waals surface area contributed by atoms with Gasteiger partial charge in [0.15, 0.2) is 0 Å². The number of piperidine rings is 1. The number of rotatable bonds is 6. The second-order valence-corrected chi connectivity index (χ2v) is 8.69. The molecule has 4 rings (SSSR count). The van der Waals surface area contributed by atoms with E-state index in [-0.39, 0.29) is 6.04 Å². The Bertz CT molecular complexity index is 929. The monoisotopic (exact) mass is 399 g/mol. The molecule has 1 N–H and O–H groups in total. The summed E-state index contributed by atoms with van der Waals surface area (Å²) in [6.07, 6.45) is 2.64. The van der Waals surface area contributed by atoms with Gasteiger partial charge in [0, 0.05) is 13.1 Å². The number of aliphatic hydroxyl groups is 1. The van der Waals surface area contributed by atoms with Gasteiger partial charge in [0.2, 0.25) is 0 Å². The van der Waals surface area contributed by atoms with Crippen molar-refractivity contribution in [3.05, 3.63) is 107 Å². The van der Waals surface area contributed by atoms with Crippen molar-refractivity contribution in [1.82, 2.24) is 4.90 Å². The summed E-state index contributed by atoms with van der Waals surface area (Å²) in [7, 11) is 0. The predicted molar refractivity (Wildman–Crippen MR) is 125 cm³/mol. The molecular formula is C28H33NO. The number of likely N-dealkylation sites (tertiary alicyclic amines) is 1. The average Bonchev–Trinajstić information content (AvgIpc) is 2.82. The molecule has 3 aromatic carbocycles. The van der Waals surface area contributed by atoms with Crippen molar-refractivity contribution in [3.63, 3.8) is 0 Å². The van der Waals surface area contributed by atoms with E-state index < -0.39 is 5.60 Å². The lowest BCUT2D eigenvalue weighted by molar-refractivity contribution is -0.0325. The molecule has 2 unspecified atom stereocenters. The third-order valence-electron chi connectivity index (χ3n) is 6.85. The molecule has 0 aromatic heterocycles. The molecule has 2 atom stereocenters. The smallest absolute Gasteiger partial charge is 0.0920 e. The zero-order chi connectivity index (χ0) is 21.0. The van der Waals surface area contributed by atoms with Crippen LogP contribution in [0.4, 0.5) is 0 Å². The Morgan fingerprint density at radius 2 is 1.33 bits per heavy atom. The van der Waals surface area contributed by atoms with E-state index in [4.69, 9.17) is 0 Å². The number of hydrogen-bond acceptors (Lipinski definition) is 2. The molecule has 0 radical (unpaired) electrons. The van der Waals surface area contributed by atoms with Gasteiger partial charge in [-0.2, -0.15) is 0 Å². The molecule has 0 amide bonds. The molecule has 2 heteroatoms. The van der Waals surface area contributed by atoms with Crippen LogP contribution in [0.15, 0.2) is 84.9 Å². The molecular weight excluding hydrogens is 366 g/mol. The van der Waals surface area contributed by atoms with E-state index in [1.165, 1.54) is 16.7 Å². The third-order valence-corrected chi connectivity index (χ3v) is 6.85. The lowest BCUT2D eigenvalue weighted by Crippen LogP contribution is -2.44. The molecule has 30 heavy (non-hydrogen) atoms. The van der Waals surface area contributed by atoms with Gasteiger partial charge in [-0.1, -0.05) is 98.8 Å². The average molecular weight is 400 g/mol. The zero-order valence-electron chi connectivity index (χ0n) is 18.2. The molecule has 1 saturated heterocycles. The van der Waals surface area contributed by atoms with Crippen molar-refractivity contribution in [2.24, 2.45) is 0 Å². The Hall–Kier alpha value is -2.42. The van der Waals surface area contributed by atoms with Crippen LogP contribution in [-0.4, -0.2) is 23.1 Å². The summed E-state index contributed by atoms with van der Waals surface area (Å²) >= 11 is 0. The van der Waals surface area contributed by atoms with Crippen LogP contribution in [0.25, 0.3) is 0 Å². The molecule has 0 aliphatic carbocycles. The third kappa shape index (κ3) is 4.21. The SMILES string of the molecule is CCC(C)c1ccccc1C(c1ccccc1)N1CCC(O)(c2ccccc2)CC1. The molecule has 1 heterocycles. The van der Waals surface area contributed by atoms with Gasteiger partial charge < -0.3 is 5.11 Å². The van der Waals surface area contributed by atoms with Crippen molar-refractivity contribution in [3.8, 4) is 0 Å². The predicted octanol–water partition coefficient (Wildman–Crippen LogP) is 6.27. The van der Waals surface area contributed by atoms with Crippen LogP contribution < -0.4 is 0 Å². The van der Waals surface area contributed by atoms with Gasteiger partial charge in [-0.3, -0.25) is 4.90 Å². The van der Waals surface area contributed by atoms with Gasteiger partial charge in [-0.15, -0.1) is 0 Å². The minimum absolute atomic E-state index is 0.219. The van der Waals surface area contributed by atoms with Crippen molar-refractivity contribution in [1.29, 1.82) is 0 Å². The second kappa shape index (κ2) is 9.16. The van der Waals surface area contributed by atoms with Crippen LogP contribution >= 0.6 is 0 Å². The Labute approximate surface area is 181 Å². The molecule has 0 bridgehead atoms. The van der Waals surface area contributed by atoms with Crippen molar-refractivity contribution >= 4 is 0 Å². The molecule has 1 fully saturated rings. The summed E-state index contributed by atoms with van der Waals surface area (Å²) in [6, 6.07) is 30.2. The van der Waals surface area contributed by atoms with Gasteiger partial charge in [0.25, 0.3) is 0 Å². The quantitative estimate of drug-likeness (QED) is 0.528. The van der Waals surface area contributed by atoms with E-state index in [0.29, 0.717) is 5.92 Å². The highest BCUT2D eigenvalue weighted by molar-refractivity contribution is 5.39. The van der Waals surface area contributed by atoms with Gasteiger partial charge in [0.05, 0.1) is 11.6 Å². The maximum Gasteiger partial charge on any atom is 0.0920 e. The van der Waals surface area contributed by atoms with Crippen molar-refractivity contribution < 1.29 is 5.11 Å². The largest absolute Gasteiger partial charge is 0.385 e. The highest BCUT2D eigenvalue weighted by atomic mass is 16.3. The van der Waals surface area contributed by atoms with Gasteiger partial charge >= 0.3 is 0 Å².